The molecule has 0 unspecified atom stereocenters. The highest BCUT2D eigenvalue weighted by molar-refractivity contribution is 7.94. The predicted octanol–water partition coefficient (Wildman–Crippen LogP) is 2.56. The number of benzene rings is 2. The molecule has 0 saturated heterocycles. The van der Waals surface area contributed by atoms with Crippen molar-refractivity contribution in [2.24, 2.45) is 0 Å². The van der Waals surface area contributed by atoms with Crippen LogP contribution in [-0.4, -0.2) is 13.6 Å². The third-order valence-corrected chi connectivity index (χ3v) is 4.67. The summed E-state index contributed by atoms with van der Waals surface area (Å²) in [4.78, 5) is 0.401. The quantitative estimate of drug-likeness (QED) is 0.686. The Morgan fingerprint density at radius 2 is 1.91 bits per heavy atom. The van der Waals surface area contributed by atoms with Gasteiger partial charge in [0.1, 0.15) is 0 Å². The molecule has 0 aliphatic heterocycles. The fourth-order valence-corrected chi connectivity index (χ4v) is 3.00. The van der Waals surface area contributed by atoms with Crippen molar-refractivity contribution in [3.05, 3.63) is 63.7 Å². The van der Waals surface area contributed by atoms with Gasteiger partial charge in [0.2, 0.25) is 11.0 Å². The summed E-state index contributed by atoms with van der Waals surface area (Å²) in [6, 6.07) is 10.6. The fraction of sp³-hybridized carbons (Fsp3) is 0. The third-order valence-electron chi connectivity index (χ3n) is 2.99. The van der Waals surface area contributed by atoms with E-state index in [9.17, 15) is 13.6 Å². The molecule has 8 heteroatoms. The van der Waals surface area contributed by atoms with Gasteiger partial charge in [-0.15, -0.1) is 0 Å². The number of fused-ring (bicyclic) bond motifs is 1. The van der Waals surface area contributed by atoms with Crippen LogP contribution in [0, 0.1) is 5.21 Å². The van der Waals surface area contributed by atoms with Gasteiger partial charge in [0.25, 0.3) is 0 Å². The molecule has 3 rings (SSSR count). The standard InChI is InChI=1S/C14H9ClN2O4S/c15-11-2-4-12(5-3-11)22(19,20)8-7-10-1-6-13-14(9-10)17(18)21-16-13/h1-9H. The molecule has 0 spiro atoms. The number of hydrogen-bond donors (Lipinski definition) is 0. The van der Waals surface area contributed by atoms with Crippen LogP contribution in [-0.2, 0) is 9.84 Å². The lowest BCUT2D eigenvalue weighted by Gasteiger charge is -1.99. The minimum absolute atomic E-state index is 0.137. The fourth-order valence-electron chi connectivity index (χ4n) is 1.86. The van der Waals surface area contributed by atoms with Crippen molar-refractivity contribution in [2.75, 3.05) is 0 Å². The summed E-state index contributed by atoms with van der Waals surface area (Å²) in [5, 5.41) is 16.4. The van der Waals surface area contributed by atoms with E-state index in [0.29, 0.717) is 16.1 Å². The lowest BCUT2D eigenvalue weighted by molar-refractivity contribution is -0.782. The van der Waals surface area contributed by atoms with Crippen LogP contribution in [0.25, 0.3) is 17.1 Å². The van der Waals surface area contributed by atoms with Gasteiger partial charge < -0.3 is 5.21 Å². The van der Waals surface area contributed by atoms with Crippen LogP contribution in [0.5, 0.6) is 0 Å². The Kier molecular flexibility index (Phi) is 3.59. The molecular formula is C14H9ClN2O4S. The number of aromatic nitrogens is 2. The lowest BCUT2D eigenvalue weighted by Crippen LogP contribution is -2.22. The molecule has 1 heterocycles. The van der Waals surface area contributed by atoms with Crippen LogP contribution in [0.15, 0.2) is 57.4 Å². The Morgan fingerprint density at radius 3 is 2.64 bits per heavy atom. The summed E-state index contributed by atoms with van der Waals surface area (Å²) in [6.45, 7) is 0. The molecule has 3 aromatic rings. The topological polar surface area (TPSA) is 87.1 Å². The molecule has 0 radical (unpaired) electrons. The van der Waals surface area contributed by atoms with E-state index < -0.39 is 9.84 Å². The third kappa shape index (κ3) is 2.81. The van der Waals surface area contributed by atoms with Crippen molar-refractivity contribution in [3.63, 3.8) is 0 Å². The van der Waals surface area contributed by atoms with Gasteiger partial charge in [-0.1, -0.05) is 17.7 Å². The summed E-state index contributed by atoms with van der Waals surface area (Å²) in [7, 11) is -3.59. The maximum Gasteiger partial charge on any atom is 0.248 e. The molecule has 0 fully saturated rings. The molecular weight excluding hydrogens is 328 g/mol. The Morgan fingerprint density at radius 1 is 1.18 bits per heavy atom. The van der Waals surface area contributed by atoms with E-state index in [1.807, 2.05) is 0 Å². The Hall–Kier alpha value is -2.38. The van der Waals surface area contributed by atoms with E-state index in [0.717, 1.165) is 5.41 Å². The molecule has 1 aromatic heterocycles. The van der Waals surface area contributed by atoms with E-state index in [4.69, 9.17) is 11.6 Å². The monoisotopic (exact) mass is 336 g/mol. The van der Waals surface area contributed by atoms with E-state index in [1.54, 1.807) is 12.1 Å². The van der Waals surface area contributed by atoms with E-state index in [2.05, 4.69) is 9.79 Å². The molecule has 0 bridgehead atoms. The molecule has 0 aliphatic rings. The maximum absolute atomic E-state index is 12.2. The molecule has 0 atom stereocenters. The first-order valence-electron chi connectivity index (χ1n) is 6.14. The first kappa shape index (κ1) is 14.6. The minimum Gasteiger partial charge on any atom is -0.359 e. The average Bonchev–Trinajstić information content (AvgIpc) is 2.87. The number of sulfone groups is 1. The molecule has 0 saturated carbocycles. The van der Waals surface area contributed by atoms with E-state index in [1.165, 1.54) is 36.4 Å². The van der Waals surface area contributed by atoms with Crippen LogP contribution < -0.4 is 4.90 Å². The molecule has 6 nitrogen and oxygen atoms in total. The minimum atomic E-state index is -3.59. The number of hydrogen-bond acceptors (Lipinski definition) is 5. The molecule has 0 N–H and O–H groups in total. The number of rotatable bonds is 3. The van der Waals surface area contributed by atoms with Crippen molar-refractivity contribution in [1.82, 2.24) is 5.16 Å². The highest BCUT2D eigenvalue weighted by atomic mass is 35.5. The van der Waals surface area contributed by atoms with Crippen LogP contribution in [0.2, 0.25) is 5.02 Å². The van der Waals surface area contributed by atoms with Crippen molar-refractivity contribution >= 4 is 38.5 Å². The van der Waals surface area contributed by atoms with Gasteiger partial charge in [0.15, 0.2) is 9.84 Å². The summed E-state index contributed by atoms with van der Waals surface area (Å²) in [5.74, 6) is 0. The second-order valence-electron chi connectivity index (χ2n) is 4.48. The van der Waals surface area contributed by atoms with Crippen molar-refractivity contribution in [3.8, 4) is 0 Å². The Balaban J connectivity index is 1.94. The zero-order valence-electron chi connectivity index (χ0n) is 11.0. The summed E-state index contributed by atoms with van der Waals surface area (Å²) >= 11 is 5.73. The molecule has 112 valence electrons. The zero-order valence-corrected chi connectivity index (χ0v) is 12.6. The van der Waals surface area contributed by atoms with Gasteiger partial charge in [-0.05, 0) is 46.9 Å². The van der Waals surface area contributed by atoms with Crippen molar-refractivity contribution in [1.29, 1.82) is 0 Å². The van der Waals surface area contributed by atoms with Gasteiger partial charge in [-0.2, -0.15) is 0 Å². The second kappa shape index (κ2) is 5.43. The van der Waals surface area contributed by atoms with Crippen molar-refractivity contribution in [2.45, 2.75) is 4.90 Å². The second-order valence-corrected chi connectivity index (χ2v) is 6.75. The van der Waals surface area contributed by atoms with Gasteiger partial charge >= 0.3 is 0 Å². The summed E-state index contributed by atoms with van der Waals surface area (Å²) in [5.41, 5.74) is 1.16. The maximum atomic E-state index is 12.2. The molecule has 0 aliphatic carbocycles. The predicted molar refractivity (Wildman–Crippen MR) is 80.6 cm³/mol. The number of halogens is 1. The van der Waals surface area contributed by atoms with E-state index >= 15 is 0 Å². The van der Waals surface area contributed by atoms with Gasteiger partial charge in [0, 0.05) is 21.7 Å². The van der Waals surface area contributed by atoms with Gasteiger partial charge in [0.05, 0.1) is 4.90 Å². The highest BCUT2D eigenvalue weighted by Crippen LogP contribution is 2.18. The summed E-state index contributed by atoms with van der Waals surface area (Å²) < 4.78 is 28.8. The van der Waals surface area contributed by atoms with Crippen LogP contribution >= 0.6 is 11.6 Å². The largest absolute Gasteiger partial charge is 0.359 e. The Bertz CT molecular complexity index is 962. The van der Waals surface area contributed by atoms with Crippen LogP contribution in [0.4, 0.5) is 0 Å². The SMILES string of the molecule is O=S(=O)(C=Cc1ccc2no[n+]([O-])c2c1)c1ccc(Cl)cc1. The van der Waals surface area contributed by atoms with Gasteiger partial charge in [-0.25, -0.2) is 8.42 Å². The summed E-state index contributed by atoms with van der Waals surface area (Å²) in [6.07, 6.45) is 1.40. The van der Waals surface area contributed by atoms with Crippen LogP contribution in [0.1, 0.15) is 5.56 Å². The van der Waals surface area contributed by atoms with E-state index in [-0.39, 0.29) is 15.3 Å². The molecule has 22 heavy (non-hydrogen) atoms. The number of nitrogens with zero attached hydrogens (tertiary/aromatic N) is 2. The lowest BCUT2D eigenvalue weighted by atomic mass is 10.2. The average molecular weight is 337 g/mol. The highest BCUT2D eigenvalue weighted by Gasteiger charge is 2.11. The smallest absolute Gasteiger partial charge is 0.248 e. The first-order valence-corrected chi connectivity index (χ1v) is 8.06. The Labute approximate surface area is 130 Å². The van der Waals surface area contributed by atoms with Crippen molar-refractivity contribution < 1.29 is 17.9 Å². The normalized spacial score (nSPS) is 12.2. The van der Waals surface area contributed by atoms with Crippen LogP contribution in [0.3, 0.4) is 0 Å². The first-order chi connectivity index (χ1) is 10.5. The zero-order chi connectivity index (χ0) is 15.7. The molecule has 0 amide bonds. The molecule has 2 aromatic carbocycles. The van der Waals surface area contributed by atoms with Gasteiger partial charge in [-0.3, -0.25) is 4.63 Å².